The van der Waals surface area contributed by atoms with E-state index in [2.05, 4.69) is 19.2 Å². The lowest BCUT2D eigenvalue weighted by atomic mass is 10.1. The fourth-order valence-electron chi connectivity index (χ4n) is 1.88. The van der Waals surface area contributed by atoms with Gasteiger partial charge in [0.1, 0.15) is 11.5 Å². The first-order valence-electron chi connectivity index (χ1n) is 7.27. The number of nitrogens with one attached hydrogen (secondary N) is 1. The van der Waals surface area contributed by atoms with Gasteiger partial charge >= 0.3 is 5.97 Å². The van der Waals surface area contributed by atoms with E-state index in [1.165, 1.54) is 0 Å². The second-order valence-corrected chi connectivity index (χ2v) is 5.24. The summed E-state index contributed by atoms with van der Waals surface area (Å²) in [7, 11) is 1.58. The number of hydrogen-bond donors (Lipinski definition) is 2. The van der Waals surface area contributed by atoms with Crippen LogP contribution in [0.15, 0.2) is 18.2 Å². The molecule has 0 radical (unpaired) electrons. The molecular weight excluding hydrogens is 270 g/mol. The van der Waals surface area contributed by atoms with Crippen molar-refractivity contribution in [2.75, 3.05) is 7.11 Å². The molecular formula is C16H25NO4. The molecule has 0 aliphatic rings. The zero-order valence-corrected chi connectivity index (χ0v) is 13.2. The highest BCUT2D eigenvalue weighted by atomic mass is 16.5. The molecule has 0 saturated heterocycles. The Hall–Kier alpha value is -1.75. The van der Waals surface area contributed by atoms with E-state index in [0.29, 0.717) is 30.5 Å². The average molecular weight is 295 g/mol. The highest BCUT2D eigenvalue weighted by molar-refractivity contribution is 5.72. The summed E-state index contributed by atoms with van der Waals surface area (Å²) in [5, 5.41) is 12.5. The molecule has 0 heterocycles. The minimum absolute atomic E-state index is 0.339. The minimum atomic E-state index is -0.942. The van der Waals surface area contributed by atoms with Crippen molar-refractivity contribution < 1.29 is 19.4 Å². The van der Waals surface area contributed by atoms with Gasteiger partial charge in [0, 0.05) is 24.2 Å². The summed E-state index contributed by atoms with van der Waals surface area (Å²) < 4.78 is 10.9. The predicted molar refractivity (Wildman–Crippen MR) is 81.9 cm³/mol. The van der Waals surface area contributed by atoms with Crippen molar-refractivity contribution in [3.63, 3.8) is 0 Å². The number of methoxy groups -OCH3 is 1. The van der Waals surface area contributed by atoms with Crippen LogP contribution in [0.3, 0.4) is 0 Å². The molecule has 1 rings (SSSR count). The third-order valence-corrected chi connectivity index (χ3v) is 3.07. The molecule has 1 aromatic rings. The monoisotopic (exact) mass is 295 g/mol. The van der Waals surface area contributed by atoms with Crippen LogP contribution in [-0.4, -0.2) is 30.3 Å². The van der Waals surface area contributed by atoms with Crippen molar-refractivity contribution in [1.82, 2.24) is 5.32 Å². The molecule has 5 nitrogen and oxygen atoms in total. The summed E-state index contributed by atoms with van der Waals surface area (Å²) in [6.07, 6.45) is 0.393. The molecule has 1 unspecified atom stereocenters. The first-order chi connectivity index (χ1) is 9.97. The van der Waals surface area contributed by atoms with E-state index < -0.39 is 12.1 Å². The Kier molecular flexibility index (Phi) is 7.02. The smallest absolute Gasteiger partial charge is 0.344 e. The van der Waals surface area contributed by atoms with Crippen LogP contribution in [0.25, 0.3) is 0 Å². The van der Waals surface area contributed by atoms with Crippen LogP contribution in [-0.2, 0) is 11.3 Å². The van der Waals surface area contributed by atoms with Crippen LogP contribution in [0.2, 0.25) is 0 Å². The summed E-state index contributed by atoms with van der Waals surface area (Å²) >= 11 is 0. The van der Waals surface area contributed by atoms with Crippen LogP contribution in [0.5, 0.6) is 11.5 Å². The van der Waals surface area contributed by atoms with E-state index in [0.717, 1.165) is 12.0 Å². The first-order valence-corrected chi connectivity index (χ1v) is 7.27. The summed E-state index contributed by atoms with van der Waals surface area (Å²) in [5.41, 5.74) is 0.923. The van der Waals surface area contributed by atoms with Crippen LogP contribution in [0.1, 0.15) is 39.2 Å². The molecule has 0 aliphatic heterocycles. The van der Waals surface area contributed by atoms with Crippen molar-refractivity contribution in [1.29, 1.82) is 0 Å². The van der Waals surface area contributed by atoms with Crippen LogP contribution < -0.4 is 14.8 Å². The normalized spacial score (nSPS) is 12.2. The number of ether oxygens (including phenoxy) is 2. The molecule has 0 saturated carbocycles. The van der Waals surface area contributed by atoms with Crippen molar-refractivity contribution in [2.24, 2.45) is 0 Å². The van der Waals surface area contributed by atoms with E-state index in [1.54, 1.807) is 13.2 Å². The van der Waals surface area contributed by atoms with Gasteiger partial charge in [-0.05, 0) is 12.5 Å². The second kappa shape index (κ2) is 8.52. The Morgan fingerprint density at radius 3 is 2.62 bits per heavy atom. The van der Waals surface area contributed by atoms with Gasteiger partial charge < -0.3 is 19.9 Å². The Labute approximate surface area is 126 Å². The van der Waals surface area contributed by atoms with Crippen molar-refractivity contribution in [3.8, 4) is 11.5 Å². The Morgan fingerprint density at radius 1 is 1.38 bits per heavy atom. The van der Waals surface area contributed by atoms with E-state index in [1.807, 2.05) is 19.1 Å². The molecule has 1 aromatic carbocycles. The maximum Gasteiger partial charge on any atom is 0.344 e. The summed E-state index contributed by atoms with van der Waals surface area (Å²) in [6, 6.07) is 5.82. The third-order valence-electron chi connectivity index (χ3n) is 3.07. The van der Waals surface area contributed by atoms with Crippen molar-refractivity contribution >= 4 is 5.97 Å². The Balaban J connectivity index is 2.96. The Morgan fingerprint density at radius 2 is 2.10 bits per heavy atom. The molecule has 0 bridgehead atoms. The van der Waals surface area contributed by atoms with Crippen molar-refractivity contribution in [3.05, 3.63) is 23.8 Å². The first kappa shape index (κ1) is 17.3. The molecule has 118 valence electrons. The fraction of sp³-hybridized carbons (Fsp3) is 0.562. The third kappa shape index (κ3) is 5.63. The lowest BCUT2D eigenvalue weighted by Gasteiger charge is -2.19. The van der Waals surface area contributed by atoms with E-state index in [4.69, 9.17) is 9.47 Å². The fourth-order valence-corrected chi connectivity index (χ4v) is 1.88. The molecule has 2 N–H and O–H groups in total. The van der Waals surface area contributed by atoms with E-state index >= 15 is 0 Å². The molecule has 1 atom stereocenters. The van der Waals surface area contributed by atoms with Gasteiger partial charge in [-0.2, -0.15) is 0 Å². The molecule has 0 aromatic heterocycles. The quantitative estimate of drug-likeness (QED) is 0.733. The predicted octanol–water partition coefficient (Wildman–Crippen LogP) is 2.83. The molecule has 21 heavy (non-hydrogen) atoms. The van der Waals surface area contributed by atoms with Crippen LogP contribution >= 0.6 is 0 Å². The number of rotatable bonds is 9. The highest BCUT2D eigenvalue weighted by Crippen LogP contribution is 2.26. The summed E-state index contributed by atoms with van der Waals surface area (Å²) in [4.78, 5) is 11.3. The van der Waals surface area contributed by atoms with Crippen LogP contribution in [0, 0.1) is 0 Å². The van der Waals surface area contributed by atoms with Gasteiger partial charge in [-0.1, -0.05) is 33.3 Å². The van der Waals surface area contributed by atoms with E-state index in [9.17, 15) is 9.90 Å². The number of hydrogen-bond acceptors (Lipinski definition) is 4. The molecule has 5 heteroatoms. The van der Waals surface area contributed by atoms with Crippen molar-refractivity contribution in [2.45, 2.75) is 52.3 Å². The highest BCUT2D eigenvalue weighted by Gasteiger charge is 2.20. The molecule has 0 aliphatic carbocycles. The van der Waals surface area contributed by atoms with Gasteiger partial charge in [0.05, 0.1) is 7.11 Å². The topological polar surface area (TPSA) is 67.8 Å². The number of carbonyl (C=O) groups is 1. The van der Waals surface area contributed by atoms with Gasteiger partial charge in [0.15, 0.2) is 6.10 Å². The lowest BCUT2D eigenvalue weighted by molar-refractivity contribution is -0.145. The Bertz CT molecular complexity index is 460. The number of carboxylic acids is 1. The maximum atomic E-state index is 11.3. The van der Waals surface area contributed by atoms with Gasteiger partial charge in [-0.15, -0.1) is 0 Å². The minimum Gasteiger partial charge on any atom is -0.497 e. The maximum absolute atomic E-state index is 11.3. The zero-order valence-electron chi connectivity index (χ0n) is 13.2. The summed E-state index contributed by atoms with van der Waals surface area (Å²) in [5.74, 6) is 0.268. The zero-order chi connectivity index (χ0) is 15.8. The molecule has 0 spiro atoms. The SMILES string of the molecule is CCCC(Oc1cc(OC)ccc1CNC(C)C)C(=O)O. The summed E-state index contributed by atoms with van der Waals surface area (Å²) in [6.45, 7) is 6.67. The van der Waals surface area contributed by atoms with E-state index in [-0.39, 0.29) is 0 Å². The molecule has 0 amide bonds. The number of aliphatic carboxylic acids is 1. The standard InChI is InChI=1S/C16H25NO4/c1-5-6-14(16(18)19)21-15-9-13(20-4)8-7-12(15)10-17-11(2)3/h7-9,11,14,17H,5-6,10H2,1-4H3,(H,18,19). The molecule has 0 fully saturated rings. The lowest BCUT2D eigenvalue weighted by Crippen LogP contribution is -2.28. The van der Waals surface area contributed by atoms with Gasteiger partial charge in [-0.25, -0.2) is 4.79 Å². The van der Waals surface area contributed by atoms with Gasteiger partial charge in [0.25, 0.3) is 0 Å². The van der Waals surface area contributed by atoms with Gasteiger partial charge in [0.2, 0.25) is 0 Å². The largest absolute Gasteiger partial charge is 0.497 e. The number of carboxylic acid groups (broad SMARTS) is 1. The second-order valence-electron chi connectivity index (χ2n) is 5.24. The average Bonchev–Trinajstić information content (AvgIpc) is 2.44. The number of benzene rings is 1. The van der Waals surface area contributed by atoms with Gasteiger partial charge in [-0.3, -0.25) is 0 Å². The van der Waals surface area contributed by atoms with Crippen LogP contribution in [0.4, 0.5) is 0 Å².